The third-order valence-corrected chi connectivity index (χ3v) is 1.76. The lowest BCUT2D eigenvalue weighted by Gasteiger charge is -2.30. The molecule has 0 aromatic carbocycles. The highest BCUT2D eigenvalue weighted by atomic mass is 19.3. The average molecular weight is 134 g/mol. The Kier molecular flexibility index (Phi) is 1.78. The summed E-state index contributed by atoms with van der Waals surface area (Å²) in [6, 6.07) is 0. The number of aldehydes is 1. The summed E-state index contributed by atoms with van der Waals surface area (Å²) in [6.45, 7) is 0. The minimum atomic E-state index is -2.22. The summed E-state index contributed by atoms with van der Waals surface area (Å²) in [6.07, 6.45) is -0.678. The highest BCUT2D eigenvalue weighted by Crippen LogP contribution is 2.36. The van der Waals surface area contributed by atoms with Crippen LogP contribution in [0.2, 0.25) is 0 Å². The van der Waals surface area contributed by atoms with Crippen LogP contribution in [0.4, 0.5) is 8.78 Å². The zero-order valence-corrected chi connectivity index (χ0v) is 4.89. The Morgan fingerprint density at radius 1 is 1.44 bits per heavy atom. The summed E-state index contributed by atoms with van der Waals surface area (Å²) in [7, 11) is 0. The molecule has 9 heavy (non-hydrogen) atoms. The third-order valence-electron chi connectivity index (χ3n) is 1.76. The van der Waals surface area contributed by atoms with Gasteiger partial charge in [-0.15, -0.1) is 0 Å². The van der Waals surface area contributed by atoms with Gasteiger partial charge in [-0.2, -0.15) is 0 Å². The molecule has 52 valence electrons. The smallest absolute Gasteiger partial charge is 0.241 e. The molecular formula is C6H8F2O. The molecule has 0 aliphatic heterocycles. The molecule has 1 fully saturated rings. The van der Waals surface area contributed by atoms with E-state index in [1.807, 2.05) is 0 Å². The van der Waals surface area contributed by atoms with Gasteiger partial charge in [0.25, 0.3) is 0 Å². The molecule has 1 aliphatic carbocycles. The van der Waals surface area contributed by atoms with Gasteiger partial charge in [0.1, 0.15) is 6.29 Å². The molecule has 3 heteroatoms. The molecule has 0 atom stereocenters. The van der Waals surface area contributed by atoms with Crippen LogP contribution in [-0.2, 0) is 4.79 Å². The fourth-order valence-corrected chi connectivity index (χ4v) is 1.03. The molecule has 0 aromatic heterocycles. The van der Waals surface area contributed by atoms with Crippen molar-refractivity contribution < 1.29 is 13.6 Å². The van der Waals surface area contributed by atoms with E-state index in [1.54, 1.807) is 0 Å². The molecule has 0 aromatic rings. The second-order valence-corrected chi connectivity index (χ2v) is 2.46. The van der Waals surface area contributed by atoms with Crippen molar-refractivity contribution in [2.75, 3.05) is 0 Å². The summed E-state index contributed by atoms with van der Waals surface area (Å²) >= 11 is 0. The summed E-state index contributed by atoms with van der Waals surface area (Å²) in [5, 5.41) is 0. The van der Waals surface area contributed by atoms with Crippen LogP contribution < -0.4 is 0 Å². The molecule has 0 unspecified atom stereocenters. The first kappa shape index (κ1) is 6.65. The predicted molar refractivity (Wildman–Crippen MR) is 28.3 cm³/mol. The molecule has 1 aliphatic rings. The molecule has 0 amide bonds. The summed E-state index contributed by atoms with van der Waals surface area (Å²) < 4.78 is 23.3. The van der Waals surface area contributed by atoms with Gasteiger partial charge in [0.05, 0.1) is 0 Å². The van der Waals surface area contributed by atoms with Crippen LogP contribution in [0.15, 0.2) is 0 Å². The topological polar surface area (TPSA) is 17.1 Å². The molecule has 1 nitrogen and oxygen atoms in total. The molecule has 0 spiro atoms. The largest absolute Gasteiger partial charge is 0.303 e. The van der Waals surface area contributed by atoms with E-state index in [1.165, 1.54) is 0 Å². The van der Waals surface area contributed by atoms with Crippen LogP contribution in [0.25, 0.3) is 0 Å². The first-order valence-electron chi connectivity index (χ1n) is 2.97. The van der Waals surface area contributed by atoms with Gasteiger partial charge in [0.15, 0.2) is 0 Å². The van der Waals surface area contributed by atoms with Crippen molar-refractivity contribution in [1.29, 1.82) is 0 Å². The van der Waals surface area contributed by atoms with Gasteiger partial charge in [0.2, 0.25) is 6.43 Å². The van der Waals surface area contributed by atoms with Crippen molar-refractivity contribution >= 4 is 6.29 Å². The molecule has 0 radical (unpaired) electrons. The van der Waals surface area contributed by atoms with Gasteiger partial charge in [-0.1, -0.05) is 0 Å². The quantitative estimate of drug-likeness (QED) is 0.523. The first-order chi connectivity index (χ1) is 4.24. The fraction of sp³-hybridized carbons (Fsp3) is 0.833. The molecule has 1 saturated carbocycles. The zero-order valence-electron chi connectivity index (χ0n) is 4.89. The van der Waals surface area contributed by atoms with Crippen molar-refractivity contribution in [2.45, 2.75) is 19.3 Å². The summed E-state index contributed by atoms with van der Waals surface area (Å²) in [5.74, 6) is -0.579. The van der Waals surface area contributed by atoms with E-state index in [0.29, 0.717) is 12.8 Å². The highest BCUT2D eigenvalue weighted by molar-refractivity contribution is 5.55. The minimum Gasteiger partial charge on any atom is -0.303 e. The van der Waals surface area contributed by atoms with E-state index in [2.05, 4.69) is 0 Å². The van der Waals surface area contributed by atoms with Gasteiger partial charge < -0.3 is 4.79 Å². The number of hydrogen-bond acceptors (Lipinski definition) is 1. The van der Waals surface area contributed by atoms with Crippen molar-refractivity contribution in [3.8, 4) is 0 Å². The fourth-order valence-electron chi connectivity index (χ4n) is 1.03. The van der Waals surface area contributed by atoms with Crippen LogP contribution in [0.3, 0.4) is 0 Å². The van der Waals surface area contributed by atoms with Crippen LogP contribution in [0, 0.1) is 11.8 Å². The van der Waals surface area contributed by atoms with E-state index in [9.17, 15) is 13.6 Å². The van der Waals surface area contributed by atoms with Crippen LogP contribution >= 0.6 is 0 Å². The maximum atomic E-state index is 11.7. The second-order valence-electron chi connectivity index (χ2n) is 2.46. The predicted octanol–water partition coefficient (Wildman–Crippen LogP) is 1.48. The third kappa shape index (κ3) is 1.26. The number of halogens is 2. The van der Waals surface area contributed by atoms with E-state index in [-0.39, 0.29) is 5.92 Å². The molecular weight excluding hydrogens is 126 g/mol. The summed E-state index contributed by atoms with van der Waals surface area (Å²) in [5.41, 5.74) is 0. The molecule has 1 rings (SSSR count). The maximum absolute atomic E-state index is 11.7. The van der Waals surface area contributed by atoms with E-state index >= 15 is 0 Å². The van der Waals surface area contributed by atoms with E-state index < -0.39 is 12.3 Å². The standard InChI is InChI=1S/C6H8F2O/c7-6(8)5-1-4(2-5)3-9/h3-6H,1-2H2. The maximum Gasteiger partial charge on any atom is 0.241 e. The molecule has 0 bridgehead atoms. The molecule has 0 saturated heterocycles. The Hall–Kier alpha value is -0.470. The lowest BCUT2D eigenvalue weighted by atomic mass is 9.76. The number of hydrogen-bond donors (Lipinski definition) is 0. The summed E-state index contributed by atoms with van der Waals surface area (Å²) in [4.78, 5) is 9.91. The van der Waals surface area contributed by atoms with Gasteiger partial charge >= 0.3 is 0 Å². The van der Waals surface area contributed by atoms with Gasteiger partial charge in [-0.3, -0.25) is 0 Å². The Labute approximate surface area is 52.1 Å². The van der Waals surface area contributed by atoms with Crippen molar-refractivity contribution in [2.24, 2.45) is 11.8 Å². The number of alkyl halides is 2. The van der Waals surface area contributed by atoms with Gasteiger partial charge in [-0.05, 0) is 12.8 Å². The van der Waals surface area contributed by atoms with Crippen LogP contribution in [0.5, 0.6) is 0 Å². The van der Waals surface area contributed by atoms with Crippen LogP contribution in [0.1, 0.15) is 12.8 Å². The Balaban J connectivity index is 2.19. The Morgan fingerprint density at radius 2 is 2.00 bits per heavy atom. The van der Waals surface area contributed by atoms with E-state index in [4.69, 9.17) is 0 Å². The van der Waals surface area contributed by atoms with Gasteiger partial charge in [0, 0.05) is 11.8 Å². The number of carbonyl (C=O) groups is 1. The highest BCUT2D eigenvalue weighted by Gasteiger charge is 2.34. The lowest BCUT2D eigenvalue weighted by molar-refractivity contribution is -0.117. The number of rotatable bonds is 2. The zero-order chi connectivity index (χ0) is 6.85. The van der Waals surface area contributed by atoms with Gasteiger partial charge in [-0.25, -0.2) is 8.78 Å². The normalized spacial score (nSPS) is 34.1. The lowest BCUT2D eigenvalue weighted by Crippen LogP contribution is -2.29. The average Bonchev–Trinajstić information content (AvgIpc) is 1.61. The second kappa shape index (κ2) is 2.42. The van der Waals surface area contributed by atoms with Crippen LogP contribution in [-0.4, -0.2) is 12.7 Å². The molecule has 0 N–H and O–H groups in total. The van der Waals surface area contributed by atoms with Crippen molar-refractivity contribution in [1.82, 2.24) is 0 Å². The van der Waals surface area contributed by atoms with E-state index in [0.717, 1.165) is 6.29 Å². The monoisotopic (exact) mass is 134 g/mol. The van der Waals surface area contributed by atoms with Crippen molar-refractivity contribution in [3.05, 3.63) is 0 Å². The van der Waals surface area contributed by atoms with Crippen molar-refractivity contribution in [3.63, 3.8) is 0 Å². The SMILES string of the molecule is O=CC1CC(C(F)F)C1. The number of carbonyl (C=O) groups excluding carboxylic acids is 1. The first-order valence-corrected chi connectivity index (χ1v) is 2.97. The Bertz CT molecular complexity index is 108. The Morgan fingerprint density at radius 3 is 2.33 bits per heavy atom. The molecule has 0 heterocycles. The minimum absolute atomic E-state index is 0.0796.